The molecule has 6 nitrogen and oxygen atoms in total. The van der Waals surface area contributed by atoms with Crippen molar-refractivity contribution in [2.24, 2.45) is 5.92 Å². The maximum Gasteiger partial charge on any atom is 0.327 e. The van der Waals surface area contributed by atoms with Gasteiger partial charge in [-0.2, -0.15) is 0 Å². The monoisotopic (exact) mass is 316 g/mol. The summed E-state index contributed by atoms with van der Waals surface area (Å²) in [4.78, 5) is 24.9. The first-order valence-electron chi connectivity index (χ1n) is 7.61. The largest absolute Gasteiger partial charge is 0.480 e. The molecule has 2 N–H and O–H groups in total. The number of carbonyl (C=O) groups excluding carboxylic acids is 1. The molecule has 1 heterocycles. The molecular formula is C14H24N2O4S. The highest BCUT2D eigenvalue weighted by atomic mass is 32.2. The molecule has 0 aromatic carbocycles. The number of nitrogens with one attached hydrogen (secondary N) is 1. The Balaban J connectivity index is 1.68. The molecule has 120 valence electrons. The summed E-state index contributed by atoms with van der Waals surface area (Å²) >= 11 is 1.53. The lowest BCUT2D eigenvalue weighted by Gasteiger charge is -2.26. The third-order valence-electron chi connectivity index (χ3n) is 3.75. The van der Waals surface area contributed by atoms with Crippen LogP contribution in [0.4, 0.5) is 4.79 Å². The van der Waals surface area contributed by atoms with Crippen molar-refractivity contribution in [3.05, 3.63) is 0 Å². The van der Waals surface area contributed by atoms with Crippen LogP contribution < -0.4 is 5.32 Å². The number of aliphatic carboxylic acids is 1. The summed E-state index contributed by atoms with van der Waals surface area (Å²) in [5.74, 6) is 0.287. The van der Waals surface area contributed by atoms with Crippen LogP contribution in [0.25, 0.3) is 0 Å². The predicted molar refractivity (Wildman–Crippen MR) is 81.4 cm³/mol. The van der Waals surface area contributed by atoms with Gasteiger partial charge in [-0.1, -0.05) is 6.92 Å². The molecule has 2 unspecified atom stereocenters. The molecule has 1 saturated heterocycles. The molecule has 1 aliphatic heterocycles. The zero-order valence-electron chi connectivity index (χ0n) is 12.4. The van der Waals surface area contributed by atoms with Crippen molar-refractivity contribution >= 4 is 23.8 Å². The Morgan fingerprint density at radius 1 is 1.43 bits per heavy atom. The Bertz CT molecular complexity index is 376. The lowest BCUT2D eigenvalue weighted by atomic mass is 10.3. The third kappa shape index (κ3) is 4.78. The average Bonchev–Trinajstić information content (AvgIpc) is 3.17. The fraction of sp³-hybridized carbons (Fsp3) is 0.857. The van der Waals surface area contributed by atoms with E-state index in [1.54, 1.807) is 0 Å². The van der Waals surface area contributed by atoms with Gasteiger partial charge in [0.15, 0.2) is 0 Å². The van der Waals surface area contributed by atoms with E-state index in [1.165, 1.54) is 29.5 Å². The van der Waals surface area contributed by atoms with E-state index >= 15 is 0 Å². The molecular weight excluding hydrogens is 292 g/mol. The minimum absolute atomic E-state index is 0.0442. The molecule has 21 heavy (non-hydrogen) atoms. The number of thioether (sulfide) groups is 1. The number of nitrogens with zero attached hydrogens (tertiary/aromatic N) is 1. The topological polar surface area (TPSA) is 78.9 Å². The summed E-state index contributed by atoms with van der Waals surface area (Å²) in [5.41, 5.74) is 0. The maximum absolute atomic E-state index is 12.2. The van der Waals surface area contributed by atoms with Crippen LogP contribution in [0.3, 0.4) is 0 Å². The Hall–Kier alpha value is -0.950. The smallest absolute Gasteiger partial charge is 0.327 e. The van der Waals surface area contributed by atoms with Gasteiger partial charge in [0, 0.05) is 25.5 Å². The molecule has 2 atom stereocenters. The van der Waals surface area contributed by atoms with Crippen LogP contribution in [0.15, 0.2) is 0 Å². The van der Waals surface area contributed by atoms with E-state index in [1.807, 2.05) is 6.92 Å². The Labute approximate surface area is 129 Å². The van der Waals surface area contributed by atoms with Crippen LogP contribution in [0.2, 0.25) is 0 Å². The molecule has 7 heteroatoms. The van der Waals surface area contributed by atoms with Gasteiger partial charge >= 0.3 is 12.0 Å². The second-order valence-electron chi connectivity index (χ2n) is 5.56. The summed E-state index contributed by atoms with van der Waals surface area (Å²) in [7, 11) is 0. The number of carbonyl (C=O) groups is 2. The summed E-state index contributed by atoms with van der Waals surface area (Å²) < 4.78 is 5.50. The predicted octanol–water partition coefficient (Wildman–Crippen LogP) is 1.75. The second kappa shape index (κ2) is 7.89. The van der Waals surface area contributed by atoms with Crippen molar-refractivity contribution < 1.29 is 19.4 Å². The van der Waals surface area contributed by atoms with Gasteiger partial charge < -0.3 is 15.2 Å². The number of hydrogen-bond donors (Lipinski definition) is 2. The molecule has 2 aliphatic rings. The maximum atomic E-state index is 12.2. The van der Waals surface area contributed by atoms with Crippen molar-refractivity contribution in [2.45, 2.75) is 44.0 Å². The molecule has 0 aromatic rings. The van der Waals surface area contributed by atoms with E-state index in [4.69, 9.17) is 4.74 Å². The lowest BCUT2D eigenvalue weighted by molar-refractivity contribution is -0.141. The quantitative estimate of drug-likeness (QED) is 0.667. The molecule has 0 spiro atoms. The molecule has 0 bridgehead atoms. The highest BCUT2D eigenvalue weighted by molar-refractivity contribution is 8.00. The number of amides is 2. The van der Waals surface area contributed by atoms with Crippen LogP contribution in [0.1, 0.15) is 32.6 Å². The van der Waals surface area contributed by atoms with Crippen LogP contribution in [-0.4, -0.2) is 58.9 Å². The summed E-state index contributed by atoms with van der Waals surface area (Å²) in [6.45, 7) is 3.96. The lowest BCUT2D eigenvalue weighted by Crippen LogP contribution is -2.50. The van der Waals surface area contributed by atoms with E-state index in [0.29, 0.717) is 18.9 Å². The summed E-state index contributed by atoms with van der Waals surface area (Å²) in [5, 5.41) is 12.0. The number of carboxylic acid groups (broad SMARTS) is 1. The van der Waals surface area contributed by atoms with Crippen molar-refractivity contribution in [1.29, 1.82) is 0 Å². The third-order valence-corrected chi connectivity index (χ3v) is 5.21. The molecule has 1 saturated carbocycles. The molecule has 0 aromatic heterocycles. The van der Waals surface area contributed by atoms with Crippen molar-refractivity contribution in [3.63, 3.8) is 0 Å². The molecule has 0 radical (unpaired) electrons. The number of carboxylic acids is 1. The van der Waals surface area contributed by atoms with Crippen molar-refractivity contribution in [2.75, 3.05) is 25.5 Å². The first-order valence-corrected chi connectivity index (χ1v) is 8.66. The first-order chi connectivity index (χ1) is 10.1. The van der Waals surface area contributed by atoms with Gasteiger partial charge in [-0.25, -0.2) is 9.59 Å². The van der Waals surface area contributed by atoms with E-state index in [2.05, 4.69) is 5.32 Å². The zero-order valence-corrected chi connectivity index (χ0v) is 13.2. The SMILES string of the molecule is CCC1SCC(C(=O)O)N1C(=O)NCCCOCC1CC1. The highest BCUT2D eigenvalue weighted by Crippen LogP contribution is 2.31. The second-order valence-corrected chi connectivity index (χ2v) is 6.77. The van der Waals surface area contributed by atoms with Gasteiger partial charge in [0.25, 0.3) is 0 Å². The number of ether oxygens (including phenoxy) is 1. The van der Waals surface area contributed by atoms with Gasteiger partial charge in [0.2, 0.25) is 0 Å². The Morgan fingerprint density at radius 3 is 2.81 bits per heavy atom. The highest BCUT2D eigenvalue weighted by Gasteiger charge is 2.40. The normalized spacial score (nSPS) is 25.1. The van der Waals surface area contributed by atoms with E-state index in [-0.39, 0.29) is 11.4 Å². The van der Waals surface area contributed by atoms with Gasteiger partial charge in [-0.05, 0) is 31.6 Å². The van der Waals surface area contributed by atoms with Gasteiger partial charge in [-0.3, -0.25) is 4.90 Å². The van der Waals surface area contributed by atoms with Crippen LogP contribution in [0, 0.1) is 5.92 Å². The van der Waals surface area contributed by atoms with Crippen LogP contribution in [0.5, 0.6) is 0 Å². The fourth-order valence-corrected chi connectivity index (χ4v) is 3.68. The standard InChI is InChI=1S/C14H24N2O4S/c1-2-12-16(11(9-21-12)13(17)18)14(19)15-6-3-7-20-8-10-4-5-10/h10-12H,2-9H2,1H3,(H,15,19)(H,17,18). The number of urea groups is 1. The number of hydrogen-bond acceptors (Lipinski definition) is 4. The first kappa shape index (κ1) is 16.4. The van der Waals surface area contributed by atoms with E-state index < -0.39 is 12.0 Å². The summed E-state index contributed by atoms with van der Waals surface area (Å²) in [6, 6.07) is -0.993. The van der Waals surface area contributed by atoms with Gasteiger partial charge in [0.1, 0.15) is 6.04 Å². The summed E-state index contributed by atoms with van der Waals surface area (Å²) in [6.07, 6.45) is 4.07. The van der Waals surface area contributed by atoms with Crippen LogP contribution >= 0.6 is 11.8 Å². The molecule has 1 aliphatic carbocycles. The fourth-order valence-electron chi connectivity index (χ4n) is 2.34. The van der Waals surface area contributed by atoms with E-state index in [9.17, 15) is 14.7 Å². The molecule has 2 fully saturated rings. The minimum Gasteiger partial charge on any atom is -0.480 e. The Kier molecular flexibility index (Phi) is 6.17. The molecule has 2 amide bonds. The average molecular weight is 316 g/mol. The van der Waals surface area contributed by atoms with Crippen LogP contribution in [-0.2, 0) is 9.53 Å². The van der Waals surface area contributed by atoms with Crippen molar-refractivity contribution in [3.8, 4) is 0 Å². The van der Waals surface area contributed by atoms with Gasteiger partial charge in [-0.15, -0.1) is 11.8 Å². The molecule has 2 rings (SSSR count). The zero-order chi connectivity index (χ0) is 15.2. The van der Waals surface area contributed by atoms with Crippen molar-refractivity contribution in [1.82, 2.24) is 10.2 Å². The minimum atomic E-state index is -0.929. The van der Waals surface area contributed by atoms with Gasteiger partial charge in [0.05, 0.1) is 5.37 Å². The number of rotatable bonds is 8. The van der Waals surface area contributed by atoms with E-state index in [0.717, 1.165) is 25.4 Å². The Morgan fingerprint density at radius 2 is 2.19 bits per heavy atom.